The van der Waals surface area contributed by atoms with Crippen LogP contribution in [0, 0.1) is 20.2 Å². The molecule has 0 radical (unpaired) electrons. The van der Waals surface area contributed by atoms with Gasteiger partial charge in [-0.05, 0) is 18.9 Å². The molecule has 0 unspecified atom stereocenters. The minimum Gasteiger partial charge on any atom is -0.481 e. The van der Waals surface area contributed by atoms with Crippen LogP contribution in [0.1, 0.15) is 38.5 Å². The number of carboxylic acid groups (broad SMARTS) is 1. The predicted molar refractivity (Wildman–Crippen MR) is 94.3 cm³/mol. The van der Waals surface area contributed by atoms with Gasteiger partial charge < -0.3 is 5.11 Å². The number of non-ortho nitro benzene ring substituents is 1. The zero-order chi connectivity index (χ0) is 20.8. The summed E-state index contributed by atoms with van der Waals surface area (Å²) in [5.74, 6) is -2.00. The number of hydrogen-bond acceptors (Lipinski definition) is 8. The molecule has 0 spiro atoms. The number of carbonyl (C=O) groups is 3. The SMILES string of the molecule is O=C(O)CCCCCN(c1ccc([N+](=O)[O-])cc1[N+](=O)[O-])N1C(=O)CCC1=O. The van der Waals surface area contributed by atoms with Gasteiger partial charge in [-0.1, -0.05) is 6.42 Å². The summed E-state index contributed by atoms with van der Waals surface area (Å²) in [4.78, 5) is 55.6. The van der Waals surface area contributed by atoms with Crippen LogP contribution in [-0.4, -0.2) is 44.3 Å². The number of nitrogens with zero attached hydrogens (tertiary/aromatic N) is 4. The van der Waals surface area contributed by atoms with E-state index in [9.17, 15) is 34.6 Å². The molecule has 150 valence electrons. The third-order valence-electron chi connectivity index (χ3n) is 4.17. The van der Waals surface area contributed by atoms with Gasteiger partial charge in [0.25, 0.3) is 5.69 Å². The van der Waals surface area contributed by atoms with Gasteiger partial charge in [-0.2, -0.15) is 5.01 Å². The van der Waals surface area contributed by atoms with Crippen LogP contribution in [0.25, 0.3) is 0 Å². The zero-order valence-corrected chi connectivity index (χ0v) is 14.8. The summed E-state index contributed by atoms with van der Waals surface area (Å²) in [6, 6.07) is 2.97. The number of rotatable bonds is 10. The molecular weight excluding hydrogens is 376 g/mol. The highest BCUT2D eigenvalue weighted by Crippen LogP contribution is 2.34. The summed E-state index contributed by atoms with van der Waals surface area (Å²) in [6.07, 6.45) is 1.08. The van der Waals surface area contributed by atoms with Gasteiger partial charge >= 0.3 is 11.7 Å². The lowest BCUT2D eigenvalue weighted by molar-refractivity contribution is -0.393. The summed E-state index contributed by atoms with van der Waals surface area (Å²) in [7, 11) is 0. The fourth-order valence-corrected chi connectivity index (χ4v) is 2.87. The molecule has 2 amide bonds. The molecule has 1 aliphatic rings. The average Bonchev–Trinajstić information content (AvgIpc) is 2.96. The maximum Gasteiger partial charge on any atom is 0.303 e. The predicted octanol–water partition coefficient (Wildman–Crippen LogP) is 2.02. The van der Waals surface area contributed by atoms with Crippen molar-refractivity contribution in [2.75, 3.05) is 11.6 Å². The lowest BCUT2D eigenvalue weighted by atomic mass is 10.1. The van der Waals surface area contributed by atoms with Crippen molar-refractivity contribution < 1.29 is 29.3 Å². The number of hydrogen-bond donors (Lipinski definition) is 1. The zero-order valence-electron chi connectivity index (χ0n) is 14.8. The van der Waals surface area contributed by atoms with Gasteiger partial charge in [0.2, 0.25) is 11.8 Å². The Kier molecular flexibility index (Phi) is 6.58. The number of nitro groups is 2. The number of amides is 2. The van der Waals surface area contributed by atoms with Crippen molar-refractivity contribution in [3.8, 4) is 0 Å². The molecule has 0 bridgehead atoms. The standard InChI is InChI=1S/C16H18N4O8/c21-14-7-8-15(22)18(14)17(9-3-1-2-4-16(23)24)12-6-5-11(19(25)26)10-13(12)20(27)28/h5-6,10H,1-4,7-9H2,(H,23,24). The molecule has 0 aliphatic carbocycles. The normalized spacial score (nSPS) is 13.6. The van der Waals surface area contributed by atoms with Gasteiger partial charge in [-0.25, -0.2) is 0 Å². The van der Waals surface area contributed by atoms with E-state index in [0.717, 1.165) is 28.2 Å². The van der Waals surface area contributed by atoms with Gasteiger partial charge in [0.15, 0.2) is 0 Å². The monoisotopic (exact) mass is 394 g/mol. The fraction of sp³-hybridized carbons (Fsp3) is 0.438. The molecule has 12 nitrogen and oxygen atoms in total. The Balaban J connectivity index is 2.34. The Morgan fingerprint density at radius 3 is 2.25 bits per heavy atom. The molecule has 1 aromatic carbocycles. The van der Waals surface area contributed by atoms with Crippen LogP contribution >= 0.6 is 0 Å². The Bertz CT molecular complexity index is 809. The minimum atomic E-state index is -0.951. The number of anilines is 1. The second-order valence-electron chi connectivity index (χ2n) is 6.11. The van der Waals surface area contributed by atoms with Crippen molar-refractivity contribution >= 4 is 34.8 Å². The first-order chi connectivity index (χ1) is 13.2. The van der Waals surface area contributed by atoms with Crippen molar-refractivity contribution in [3.05, 3.63) is 38.4 Å². The van der Waals surface area contributed by atoms with Gasteiger partial charge in [0, 0.05) is 31.9 Å². The molecule has 0 saturated carbocycles. The average molecular weight is 394 g/mol. The lowest BCUT2D eigenvalue weighted by Crippen LogP contribution is -2.47. The first kappa shape index (κ1) is 20.7. The van der Waals surface area contributed by atoms with Gasteiger partial charge in [0.1, 0.15) is 5.69 Å². The quantitative estimate of drug-likeness (QED) is 0.270. The van der Waals surface area contributed by atoms with E-state index in [4.69, 9.17) is 5.11 Å². The van der Waals surface area contributed by atoms with Crippen LogP contribution in [0.5, 0.6) is 0 Å². The Hall–Kier alpha value is -3.57. The maximum atomic E-state index is 12.1. The Morgan fingerprint density at radius 1 is 1.07 bits per heavy atom. The number of benzene rings is 1. The highest BCUT2D eigenvalue weighted by Gasteiger charge is 2.37. The number of carbonyl (C=O) groups excluding carboxylic acids is 2. The van der Waals surface area contributed by atoms with Crippen LogP contribution in [0.3, 0.4) is 0 Å². The molecular formula is C16H18N4O8. The van der Waals surface area contributed by atoms with Crippen LogP contribution in [0.2, 0.25) is 0 Å². The van der Waals surface area contributed by atoms with Crippen LogP contribution in [-0.2, 0) is 14.4 Å². The van der Waals surface area contributed by atoms with Crippen molar-refractivity contribution in [2.24, 2.45) is 0 Å². The summed E-state index contributed by atoms with van der Waals surface area (Å²) in [5, 5.41) is 33.0. The van der Waals surface area contributed by atoms with E-state index in [2.05, 4.69) is 0 Å². The number of hydrazine groups is 1. The lowest BCUT2D eigenvalue weighted by Gasteiger charge is -2.31. The summed E-state index contributed by atoms with van der Waals surface area (Å²) in [5.41, 5.74) is -1.21. The number of aliphatic carboxylic acids is 1. The minimum absolute atomic E-state index is 0.0326. The molecule has 1 aliphatic heterocycles. The third-order valence-corrected chi connectivity index (χ3v) is 4.17. The van der Waals surface area contributed by atoms with Gasteiger partial charge in [-0.15, -0.1) is 0 Å². The van der Waals surface area contributed by atoms with Gasteiger partial charge in [-0.3, -0.25) is 39.6 Å². The highest BCUT2D eigenvalue weighted by molar-refractivity contribution is 6.03. The first-order valence-electron chi connectivity index (χ1n) is 8.50. The largest absolute Gasteiger partial charge is 0.481 e. The van der Waals surface area contributed by atoms with Crippen molar-refractivity contribution in [1.82, 2.24) is 5.01 Å². The van der Waals surface area contributed by atoms with E-state index in [0.29, 0.717) is 19.3 Å². The number of nitro benzene ring substituents is 2. The van der Waals surface area contributed by atoms with Crippen molar-refractivity contribution in [2.45, 2.75) is 38.5 Å². The molecule has 0 aromatic heterocycles. The summed E-state index contributed by atoms with van der Waals surface area (Å²) < 4.78 is 0. The van der Waals surface area contributed by atoms with Crippen LogP contribution in [0.4, 0.5) is 17.1 Å². The second-order valence-corrected chi connectivity index (χ2v) is 6.11. The van der Waals surface area contributed by atoms with Gasteiger partial charge in [0.05, 0.1) is 15.9 Å². The molecule has 2 rings (SSSR count). The van der Waals surface area contributed by atoms with E-state index >= 15 is 0 Å². The molecule has 12 heteroatoms. The topological polar surface area (TPSA) is 164 Å². The Labute approximate surface area is 158 Å². The molecule has 1 fully saturated rings. The number of unbranched alkanes of at least 4 members (excludes halogenated alkanes) is 2. The van der Waals surface area contributed by atoms with Crippen molar-refractivity contribution in [3.63, 3.8) is 0 Å². The third kappa shape index (κ3) is 4.78. The van der Waals surface area contributed by atoms with Crippen LogP contribution in [0.15, 0.2) is 18.2 Å². The Morgan fingerprint density at radius 2 is 1.71 bits per heavy atom. The van der Waals surface area contributed by atoms with E-state index in [1.807, 2.05) is 0 Å². The molecule has 0 atom stereocenters. The molecule has 1 N–H and O–H groups in total. The summed E-state index contributed by atoms with van der Waals surface area (Å²) in [6.45, 7) is 0.0375. The van der Waals surface area contributed by atoms with E-state index in [-0.39, 0.29) is 31.5 Å². The molecule has 1 aromatic rings. The van der Waals surface area contributed by atoms with Crippen LogP contribution < -0.4 is 5.01 Å². The smallest absolute Gasteiger partial charge is 0.303 e. The van der Waals surface area contributed by atoms with Crippen molar-refractivity contribution in [1.29, 1.82) is 0 Å². The number of imide groups is 1. The maximum absolute atomic E-state index is 12.1. The second kappa shape index (κ2) is 8.88. The van der Waals surface area contributed by atoms with E-state index < -0.39 is 39.0 Å². The van der Waals surface area contributed by atoms with E-state index in [1.54, 1.807) is 0 Å². The molecule has 28 heavy (non-hydrogen) atoms. The molecule has 1 saturated heterocycles. The molecule has 1 heterocycles. The highest BCUT2D eigenvalue weighted by atomic mass is 16.6. The number of carboxylic acids is 1. The first-order valence-corrected chi connectivity index (χ1v) is 8.50. The fourth-order valence-electron chi connectivity index (χ4n) is 2.87. The summed E-state index contributed by atoms with van der Waals surface area (Å²) >= 11 is 0. The van der Waals surface area contributed by atoms with E-state index in [1.165, 1.54) is 0 Å².